The predicted octanol–water partition coefficient (Wildman–Crippen LogP) is 7.95. The topological polar surface area (TPSA) is 59.1 Å². The Balaban J connectivity index is 2.25. The van der Waals surface area contributed by atoms with Crippen LogP contribution in [0.1, 0.15) is 68.0 Å². The molecule has 0 radical (unpaired) electrons. The fraction of sp³-hybridized carbons (Fsp3) is 0.481. The van der Waals surface area contributed by atoms with E-state index >= 15 is 0 Å². The molecule has 0 spiro atoms. The normalized spacial score (nSPS) is 19.5. The Morgan fingerprint density at radius 2 is 1.45 bits per heavy atom. The van der Waals surface area contributed by atoms with Crippen LogP contribution < -0.4 is 4.90 Å². The molecular formula is C27H27F9N2O4. The highest BCUT2D eigenvalue weighted by Crippen LogP contribution is 2.48. The van der Waals surface area contributed by atoms with E-state index in [4.69, 9.17) is 9.47 Å². The molecule has 1 aliphatic rings. The highest BCUT2D eigenvalue weighted by atomic mass is 19.4. The van der Waals surface area contributed by atoms with E-state index in [1.165, 1.54) is 27.9 Å². The summed E-state index contributed by atoms with van der Waals surface area (Å²) in [6, 6.07) is 1.74. The summed E-state index contributed by atoms with van der Waals surface area (Å²) in [6.07, 6.45) is -17.2. The number of hydrogen-bond donors (Lipinski definition) is 0. The summed E-state index contributed by atoms with van der Waals surface area (Å²) in [7, 11) is 1.18. The van der Waals surface area contributed by atoms with Crippen LogP contribution in [0.3, 0.4) is 0 Å². The number of rotatable bonds is 5. The van der Waals surface area contributed by atoms with Gasteiger partial charge >= 0.3 is 24.6 Å². The molecule has 1 aliphatic heterocycles. The molecule has 0 saturated carbocycles. The first kappa shape index (κ1) is 33.0. The number of amides is 2. The molecule has 2 aromatic carbocycles. The lowest BCUT2D eigenvalue weighted by molar-refractivity contribution is -0.143. The summed E-state index contributed by atoms with van der Waals surface area (Å²) in [4.78, 5) is 27.8. The summed E-state index contributed by atoms with van der Waals surface area (Å²) in [6.45, 7) is 4.58. The number of carbonyl (C=O) groups is 2. The van der Waals surface area contributed by atoms with Gasteiger partial charge in [-0.15, -0.1) is 0 Å². The number of anilines is 1. The van der Waals surface area contributed by atoms with Crippen molar-refractivity contribution < 1.29 is 58.6 Å². The van der Waals surface area contributed by atoms with Gasteiger partial charge in [0.2, 0.25) is 5.91 Å². The first-order valence-electron chi connectivity index (χ1n) is 12.4. The van der Waals surface area contributed by atoms with Gasteiger partial charge in [-0.2, -0.15) is 39.5 Å². The molecule has 232 valence electrons. The van der Waals surface area contributed by atoms with Crippen LogP contribution in [-0.4, -0.2) is 35.8 Å². The maximum absolute atomic E-state index is 13.7. The van der Waals surface area contributed by atoms with Crippen LogP contribution >= 0.6 is 0 Å². The first-order valence-corrected chi connectivity index (χ1v) is 12.4. The van der Waals surface area contributed by atoms with Gasteiger partial charge in [-0.1, -0.05) is 0 Å². The number of benzene rings is 2. The van der Waals surface area contributed by atoms with Crippen LogP contribution in [-0.2, 0) is 39.3 Å². The van der Waals surface area contributed by atoms with Crippen LogP contribution in [0.25, 0.3) is 0 Å². The van der Waals surface area contributed by atoms with Crippen molar-refractivity contribution in [1.82, 2.24) is 4.90 Å². The van der Waals surface area contributed by atoms with E-state index in [0.717, 1.165) is 22.8 Å². The number of alkyl halides is 9. The summed E-state index contributed by atoms with van der Waals surface area (Å²) >= 11 is 0. The zero-order chi connectivity index (χ0) is 32.0. The predicted molar refractivity (Wildman–Crippen MR) is 131 cm³/mol. The molecule has 1 heterocycles. The van der Waals surface area contributed by atoms with Gasteiger partial charge in [0.1, 0.15) is 5.72 Å². The summed E-state index contributed by atoms with van der Waals surface area (Å²) < 4.78 is 133. The van der Waals surface area contributed by atoms with Crippen molar-refractivity contribution in [2.24, 2.45) is 0 Å². The Hall–Kier alpha value is -3.49. The van der Waals surface area contributed by atoms with E-state index in [1.54, 1.807) is 0 Å². The van der Waals surface area contributed by atoms with Gasteiger partial charge in [0, 0.05) is 27.0 Å². The van der Waals surface area contributed by atoms with E-state index in [1.807, 2.05) is 0 Å². The second-order valence-electron chi connectivity index (χ2n) is 10.2. The number of carbonyl (C=O) groups excluding carboxylic acids is 2. The molecule has 3 rings (SSSR count). The smallest absolute Gasteiger partial charge is 0.416 e. The minimum absolute atomic E-state index is 0.0761. The monoisotopic (exact) mass is 614 g/mol. The maximum Gasteiger partial charge on any atom is 0.416 e. The molecule has 0 saturated heterocycles. The lowest BCUT2D eigenvalue weighted by Crippen LogP contribution is -2.57. The van der Waals surface area contributed by atoms with E-state index < -0.39 is 83.6 Å². The SMILES string of the molecule is CO[C@@]1(C)C[C@H](N(Cc2cc(C(F)(F)F)cc(C(F)(F)F)c2)C(C)=O)c2cc(C(F)(F)F)ccc2N1C(=O)OC(C)C. The zero-order valence-electron chi connectivity index (χ0n) is 23.0. The quantitative estimate of drug-likeness (QED) is 0.321. The lowest BCUT2D eigenvalue weighted by atomic mass is 9.86. The maximum atomic E-state index is 13.7. The van der Waals surface area contributed by atoms with Gasteiger partial charge in [0.25, 0.3) is 0 Å². The third-order valence-electron chi connectivity index (χ3n) is 6.74. The summed E-state index contributed by atoms with van der Waals surface area (Å²) in [5.74, 6) is -0.869. The number of nitrogens with zero attached hydrogens (tertiary/aromatic N) is 2. The third kappa shape index (κ3) is 6.93. The van der Waals surface area contributed by atoms with Crippen molar-refractivity contribution in [3.05, 3.63) is 64.2 Å². The largest absolute Gasteiger partial charge is 0.446 e. The van der Waals surface area contributed by atoms with Crippen LogP contribution in [0, 0.1) is 0 Å². The van der Waals surface area contributed by atoms with Gasteiger partial charge < -0.3 is 14.4 Å². The first-order chi connectivity index (χ1) is 19.1. The Morgan fingerprint density at radius 1 is 0.929 bits per heavy atom. The van der Waals surface area contributed by atoms with Crippen molar-refractivity contribution in [2.45, 2.75) is 77.1 Å². The molecular weight excluding hydrogens is 587 g/mol. The van der Waals surface area contributed by atoms with E-state index in [2.05, 4.69) is 0 Å². The van der Waals surface area contributed by atoms with Crippen molar-refractivity contribution >= 4 is 17.7 Å². The number of hydrogen-bond acceptors (Lipinski definition) is 4. The fourth-order valence-electron chi connectivity index (χ4n) is 4.76. The molecule has 6 nitrogen and oxygen atoms in total. The standard InChI is InChI=1S/C27H27F9N2O4/c1-14(2)42-23(40)38-21-7-6-17(25(28,29)30)11-20(21)22(12-24(38,4)41-5)37(15(3)39)13-16-8-18(26(31,32)33)10-19(9-16)27(34,35)36/h6-11,14,22H,12-13H2,1-5H3/t22-,24-/m0/s1. The molecule has 0 aromatic heterocycles. The fourth-order valence-corrected chi connectivity index (χ4v) is 4.76. The van der Waals surface area contributed by atoms with Gasteiger partial charge in [0.05, 0.1) is 34.5 Å². The molecule has 0 bridgehead atoms. The zero-order valence-corrected chi connectivity index (χ0v) is 23.0. The second kappa shape index (κ2) is 11.3. The van der Waals surface area contributed by atoms with Gasteiger partial charge in [-0.3, -0.25) is 4.79 Å². The summed E-state index contributed by atoms with van der Waals surface area (Å²) in [5.41, 5.74) is -7.03. The Labute approximate surface area is 235 Å². The highest BCUT2D eigenvalue weighted by Gasteiger charge is 2.49. The molecule has 42 heavy (non-hydrogen) atoms. The Morgan fingerprint density at radius 3 is 1.88 bits per heavy atom. The molecule has 0 unspecified atom stereocenters. The molecule has 0 fully saturated rings. The second-order valence-corrected chi connectivity index (χ2v) is 10.2. The molecule has 0 N–H and O–H groups in total. The van der Waals surface area contributed by atoms with E-state index in [9.17, 15) is 49.1 Å². The minimum Gasteiger partial charge on any atom is -0.446 e. The van der Waals surface area contributed by atoms with Gasteiger partial charge in [-0.25, -0.2) is 9.69 Å². The van der Waals surface area contributed by atoms with E-state index in [-0.39, 0.29) is 17.3 Å². The van der Waals surface area contributed by atoms with Gasteiger partial charge in [0.15, 0.2) is 0 Å². The van der Waals surface area contributed by atoms with Crippen LogP contribution in [0.4, 0.5) is 50.0 Å². The molecule has 2 aromatic rings. The average molecular weight is 615 g/mol. The lowest BCUT2D eigenvalue weighted by Gasteiger charge is -2.49. The number of methoxy groups -OCH3 is 1. The van der Waals surface area contributed by atoms with E-state index in [0.29, 0.717) is 24.3 Å². The molecule has 0 aliphatic carbocycles. The number of fused-ring (bicyclic) bond motifs is 1. The van der Waals surface area contributed by atoms with Crippen LogP contribution in [0.5, 0.6) is 0 Å². The molecule has 2 atom stereocenters. The third-order valence-corrected chi connectivity index (χ3v) is 6.74. The van der Waals surface area contributed by atoms with Crippen molar-refractivity contribution in [1.29, 1.82) is 0 Å². The minimum atomic E-state index is -5.16. The Kier molecular flexibility index (Phi) is 8.89. The molecule has 2 amide bonds. The van der Waals surface area contributed by atoms with Crippen molar-refractivity contribution in [2.75, 3.05) is 12.0 Å². The Bertz CT molecular complexity index is 1310. The highest BCUT2D eigenvalue weighted by molar-refractivity contribution is 5.91. The van der Waals surface area contributed by atoms with Gasteiger partial charge in [-0.05, 0) is 68.3 Å². The van der Waals surface area contributed by atoms with Crippen molar-refractivity contribution in [3.8, 4) is 0 Å². The van der Waals surface area contributed by atoms with Crippen LogP contribution in [0.15, 0.2) is 36.4 Å². The number of halogens is 9. The number of ether oxygens (including phenoxy) is 2. The summed E-state index contributed by atoms with van der Waals surface area (Å²) in [5, 5.41) is 0. The van der Waals surface area contributed by atoms with Crippen LogP contribution in [0.2, 0.25) is 0 Å². The van der Waals surface area contributed by atoms with Crippen molar-refractivity contribution in [3.63, 3.8) is 0 Å². The molecule has 15 heteroatoms. The average Bonchev–Trinajstić information content (AvgIpc) is 2.84.